The highest BCUT2D eigenvalue weighted by atomic mass is 19.4. The number of carbonyl (C=O) groups is 2. The number of halogens is 3. The van der Waals surface area contributed by atoms with Crippen molar-refractivity contribution in [3.05, 3.63) is 29.3 Å². The highest BCUT2D eigenvalue weighted by Crippen LogP contribution is 2.40. The molecule has 0 aromatic heterocycles. The molecule has 0 N–H and O–H groups in total. The third-order valence-corrected chi connectivity index (χ3v) is 6.72. The van der Waals surface area contributed by atoms with Gasteiger partial charge in [-0.25, -0.2) is 0 Å². The van der Waals surface area contributed by atoms with Gasteiger partial charge in [0.25, 0.3) is 0 Å². The molecule has 174 valence electrons. The van der Waals surface area contributed by atoms with Gasteiger partial charge in [-0.2, -0.15) is 18.4 Å². The zero-order chi connectivity index (χ0) is 23.6. The van der Waals surface area contributed by atoms with Crippen LogP contribution >= 0.6 is 0 Å². The Hall–Kier alpha value is -2.76. The van der Waals surface area contributed by atoms with Gasteiger partial charge < -0.3 is 14.7 Å². The van der Waals surface area contributed by atoms with E-state index < -0.39 is 17.3 Å². The molecule has 32 heavy (non-hydrogen) atoms. The largest absolute Gasteiger partial charge is 0.417 e. The number of anilines is 1. The maximum atomic E-state index is 13.4. The average molecular weight is 451 g/mol. The zero-order valence-corrected chi connectivity index (χ0v) is 18.7. The molecule has 2 amide bonds. The van der Waals surface area contributed by atoms with E-state index in [1.54, 1.807) is 20.2 Å². The van der Waals surface area contributed by atoms with E-state index in [0.717, 1.165) is 18.9 Å². The maximum absolute atomic E-state index is 13.4. The number of nitrogens with zero attached hydrogens (tertiary/aromatic N) is 4. The summed E-state index contributed by atoms with van der Waals surface area (Å²) >= 11 is 0. The standard InChI is InChI=1S/C23H29F3N4O2/c1-4-21(31)29-9-7-15(8-10-29)18-13-30(14-19(18)22(32)28(2)3)17-6-5-16(12-27)20(11-17)23(24,25)26/h5-6,11,15,18-19H,4,7-10,13-14H2,1-3H3/t18-,19+/m0/s1. The van der Waals surface area contributed by atoms with Gasteiger partial charge in [-0.3, -0.25) is 9.59 Å². The molecule has 0 bridgehead atoms. The van der Waals surface area contributed by atoms with Gasteiger partial charge in [-0.1, -0.05) is 6.92 Å². The summed E-state index contributed by atoms with van der Waals surface area (Å²) in [7, 11) is 3.38. The van der Waals surface area contributed by atoms with Crippen molar-refractivity contribution in [3.8, 4) is 6.07 Å². The first-order chi connectivity index (χ1) is 15.1. The van der Waals surface area contributed by atoms with Crippen LogP contribution in [0.3, 0.4) is 0 Å². The van der Waals surface area contributed by atoms with Crippen molar-refractivity contribution in [3.63, 3.8) is 0 Å². The fourth-order valence-corrected chi connectivity index (χ4v) is 4.97. The van der Waals surface area contributed by atoms with Gasteiger partial charge in [-0.15, -0.1) is 0 Å². The minimum absolute atomic E-state index is 0.00578. The minimum atomic E-state index is -4.63. The van der Waals surface area contributed by atoms with Crippen molar-refractivity contribution in [2.24, 2.45) is 17.8 Å². The van der Waals surface area contributed by atoms with Crippen molar-refractivity contribution >= 4 is 17.5 Å². The normalized spacial score (nSPS) is 22.0. The minimum Gasteiger partial charge on any atom is -0.370 e. The van der Waals surface area contributed by atoms with Crippen LogP contribution in [0.1, 0.15) is 37.3 Å². The van der Waals surface area contributed by atoms with Crippen molar-refractivity contribution < 1.29 is 22.8 Å². The topological polar surface area (TPSA) is 67.6 Å². The van der Waals surface area contributed by atoms with E-state index in [0.29, 0.717) is 38.3 Å². The van der Waals surface area contributed by atoms with Gasteiger partial charge in [0, 0.05) is 52.4 Å². The van der Waals surface area contributed by atoms with Crippen LogP contribution in [0.4, 0.5) is 18.9 Å². The Labute approximate surface area is 186 Å². The van der Waals surface area contributed by atoms with Crippen molar-refractivity contribution in [2.45, 2.75) is 32.4 Å². The first-order valence-corrected chi connectivity index (χ1v) is 10.9. The predicted molar refractivity (Wildman–Crippen MR) is 114 cm³/mol. The van der Waals surface area contributed by atoms with Gasteiger partial charge >= 0.3 is 6.18 Å². The molecule has 2 heterocycles. The Morgan fingerprint density at radius 3 is 2.38 bits per heavy atom. The van der Waals surface area contributed by atoms with E-state index in [2.05, 4.69) is 0 Å². The Morgan fingerprint density at radius 2 is 1.84 bits per heavy atom. The van der Waals surface area contributed by atoms with Crippen LogP contribution in [-0.4, -0.2) is 61.9 Å². The van der Waals surface area contributed by atoms with Gasteiger partial charge in [0.1, 0.15) is 0 Å². The lowest BCUT2D eigenvalue weighted by Crippen LogP contribution is -2.43. The quantitative estimate of drug-likeness (QED) is 0.706. The SMILES string of the molecule is CCC(=O)N1CCC([C@@H]2CN(c3ccc(C#N)c(C(F)(F)F)c3)C[C@H]2C(=O)N(C)C)CC1. The summed E-state index contributed by atoms with van der Waals surface area (Å²) in [5, 5.41) is 9.06. The number of piperidine rings is 1. The first-order valence-electron chi connectivity index (χ1n) is 10.9. The third-order valence-electron chi connectivity index (χ3n) is 6.72. The number of hydrogen-bond acceptors (Lipinski definition) is 4. The Bertz CT molecular complexity index is 901. The van der Waals surface area contributed by atoms with E-state index in [1.165, 1.54) is 17.0 Å². The molecule has 2 saturated heterocycles. The summed E-state index contributed by atoms with van der Waals surface area (Å²) in [6.45, 7) is 3.93. The molecule has 0 aliphatic carbocycles. The predicted octanol–water partition coefficient (Wildman–Crippen LogP) is 3.37. The molecule has 1 aromatic rings. The summed E-state index contributed by atoms with van der Waals surface area (Å²) < 4.78 is 40.3. The van der Waals surface area contributed by atoms with Gasteiger partial charge in [0.05, 0.1) is 23.1 Å². The zero-order valence-electron chi connectivity index (χ0n) is 18.7. The summed E-state index contributed by atoms with van der Waals surface area (Å²) in [4.78, 5) is 30.2. The Morgan fingerprint density at radius 1 is 1.19 bits per heavy atom. The number of amides is 2. The summed E-state index contributed by atoms with van der Waals surface area (Å²) in [5.74, 6) is -0.0265. The van der Waals surface area contributed by atoms with Crippen LogP contribution in [0.25, 0.3) is 0 Å². The summed E-state index contributed by atoms with van der Waals surface area (Å²) in [6.07, 6.45) is -2.60. The molecule has 2 aliphatic heterocycles. The van der Waals surface area contributed by atoms with E-state index in [-0.39, 0.29) is 29.6 Å². The third kappa shape index (κ3) is 4.84. The second kappa shape index (κ2) is 9.39. The monoisotopic (exact) mass is 450 g/mol. The lowest BCUT2D eigenvalue weighted by atomic mass is 9.78. The van der Waals surface area contributed by atoms with Crippen LogP contribution in [0.15, 0.2) is 18.2 Å². The number of benzene rings is 1. The lowest BCUT2D eigenvalue weighted by molar-refractivity contribution is -0.138. The molecule has 3 rings (SSSR count). The highest BCUT2D eigenvalue weighted by molar-refractivity contribution is 5.80. The number of carbonyl (C=O) groups excluding carboxylic acids is 2. The molecular weight excluding hydrogens is 421 g/mol. The lowest BCUT2D eigenvalue weighted by Gasteiger charge is -2.36. The van der Waals surface area contributed by atoms with Crippen molar-refractivity contribution in [1.82, 2.24) is 9.80 Å². The summed E-state index contributed by atoms with van der Waals surface area (Å²) in [5.41, 5.74) is -0.998. The molecule has 9 heteroatoms. The molecule has 2 atom stereocenters. The fraction of sp³-hybridized carbons (Fsp3) is 0.609. The van der Waals surface area contributed by atoms with Crippen LogP contribution in [0.2, 0.25) is 0 Å². The number of likely N-dealkylation sites (tertiary alicyclic amines) is 1. The number of nitriles is 1. The highest BCUT2D eigenvalue weighted by Gasteiger charge is 2.44. The number of hydrogen-bond donors (Lipinski definition) is 0. The van der Waals surface area contributed by atoms with Crippen LogP contribution in [0.5, 0.6) is 0 Å². The average Bonchev–Trinajstić information content (AvgIpc) is 3.22. The number of alkyl halides is 3. The molecular formula is C23H29F3N4O2. The van der Waals surface area contributed by atoms with E-state index in [4.69, 9.17) is 5.26 Å². The first kappa shape index (κ1) is 23.9. The second-order valence-electron chi connectivity index (χ2n) is 8.82. The fourth-order valence-electron chi connectivity index (χ4n) is 4.97. The van der Waals surface area contributed by atoms with Gasteiger partial charge in [-0.05, 0) is 42.9 Å². The van der Waals surface area contributed by atoms with Crippen LogP contribution < -0.4 is 4.90 Å². The molecule has 0 saturated carbocycles. The molecule has 1 aromatic carbocycles. The van der Waals surface area contributed by atoms with Crippen molar-refractivity contribution in [1.29, 1.82) is 5.26 Å². The van der Waals surface area contributed by atoms with E-state index in [9.17, 15) is 22.8 Å². The maximum Gasteiger partial charge on any atom is 0.417 e. The molecule has 0 spiro atoms. The smallest absolute Gasteiger partial charge is 0.370 e. The number of rotatable bonds is 4. The molecule has 2 fully saturated rings. The van der Waals surface area contributed by atoms with E-state index in [1.807, 2.05) is 16.7 Å². The molecule has 0 unspecified atom stereocenters. The van der Waals surface area contributed by atoms with Crippen LogP contribution in [0, 0.1) is 29.1 Å². The molecule has 2 aliphatic rings. The van der Waals surface area contributed by atoms with Gasteiger partial charge in [0.2, 0.25) is 11.8 Å². The van der Waals surface area contributed by atoms with Crippen molar-refractivity contribution in [2.75, 3.05) is 45.2 Å². The second-order valence-corrected chi connectivity index (χ2v) is 8.82. The Kier molecular flexibility index (Phi) is 7.01. The Balaban J connectivity index is 1.85. The van der Waals surface area contributed by atoms with Crippen LogP contribution in [-0.2, 0) is 15.8 Å². The van der Waals surface area contributed by atoms with Gasteiger partial charge in [0.15, 0.2) is 0 Å². The molecule has 6 nitrogen and oxygen atoms in total. The van der Waals surface area contributed by atoms with E-state index >= 15 is 0 Å². The molecule has 0 radical (unpaired) electrons. The summed E-state index contributed by atoms with van der Waals surface area (Å²) in [6, 6.07) is 5.34.